The smallest absolute Gasteiger partial charge is 0.233 e. The van der Waals surface area contributed by atoms with Crippen LogP contribution in [0.5, 0.6) is 11.5 Å². The highest BCUT2D eigenvalue weighted by molar-refractivity contribution is 6.01. The molecule has 1 fully saturated rings. The molecule has 0 N–H and O–H groups in total. The zero-order valence-electron chi connectivity index (χ0n) is 14.4. The summed E-state index contributed by atoms with van der Waals surface area (Å²) in [6, 6.07) is 5.26. The van der Waals surface area contributed by atoms with Gasteiger partial charge in [-0.25, -0.2) is 0 Å². The number of hydrogen-bond acceptors (Lipinski definition) is 5. The van der Waals surface area contributed by atoms with E-state index in [2.05, 4.69) is 0 Å². The number of anilines is 1. The molecule has 2 aliphatic rings. The molecule has 0 saturated carbocycles. The minimum absolute atomic E-state index is 0.0217. The Labute approximate surface area is 141 Å². The maximum Gasteiger partial charge on any atom is 0.233 e. The molecule has 1 aromatic carbocycles. The number of ether oxygens (including phenoxy) is 4. The molecule has 6 nitrogen and oxygen atoms in total. The van der Waals surface area contributed by atoms with Crippen molar-refractivity contribution in [1.29, 1.82) is 0 Å². The van der Waals surface area contributed by atoms with E-state index in [1.165, 1.54) is 0 Å². The molecule has 2 aliphatic heterocycles. The van der Waals surface area contributed by atoms with Crippen LogP contribution in [0, 0.1) is 5.92 Å². The molecule has 0 radical (unpaired) electrons. The van der Waals surface area contributed by atoms with Crippen molar-refractivity contribution in [2.75, 3.05) is 25.9 Å². The van der Waals surface area contributed by atoms with Gasteiger partial charge in [-0.15, -0.1) is 0 Å². The highest BCUT2D eigenvalue weighted by Gasteiger charge is 2.53. The summed E-state index contributed by atoms with van der Waals surface area (Å²) < 4.78 is 22.3. The number of amides is 1. The van der Waals surface area contributed by atoms with Gasteiger partial charge in [0.05, 0.1) is 24.8 Å². The second kappa shape index (κ2) is 6.83. The quantitative estimate of drug-likeness (QED) is 0.612. The minimum atomic E-state index is -0.307. The van der Waals surface area contributed by atoms with Crippen LogP contribution in [0.25, 0.3) is 0 Å². The third-order valence-corrected chi connectivity index (χ3v) is 4.54. The Hall–Kier alpha value is -2.05. The van der Waals surface area contributed by atoms with Crippen LogP contribution >= 0.6 is 0 Å². The Morgan fingerprint density at radius 1 is 1.33 bits per heavy atom. The zero-order valence-corrected chi connectivity index (χ0v) is 14.4. The SMILES string of the molecule is C/C=C/C1Oc2ccc(OC)cc2N2C(=O)C(C)C(OCOC)C12. The van der Waals surface area contributed by atoms with Crippen molar-refractivity contribution in [3.8, 4) is 11.5 Å². The topological polar surface area (TPSA) is 57.2 Å². The summed E-state index contributed by atoms with van der Waals surface area (Å²) in [5.74, 6) is 1.09. The van der Waals surface area contributed by atoms with E-state index in [1.807, 2.05) is 44.2 Å². The van der Waals surface area contributed by atoms with Crippen molar-refractivity contribution in [2.24, 2.45) is 5.92 Å². The van der Waals surface area contributed by atoms with Crippen molar-refractivity contribution in [3.63, 3.8) is 0 Å². The number of carbonyl (C=O) groups excluding carboxylic acids is 1. The Bertz CT molecular complexity index is 644. The molecule has 6 heteroatoms. The van der Waals surface area contributed by atoms with Crippen LogP contribution in [0.3, 0.4) is 0 Å². The molecule has 4 unspecified atom stereocenters. The number of nitrogens with zero attached hydrogens (tertiary/aromatic N) is 1. The summed E-state index contributed by atoms with van der Waals surface area (Å²) in [5, 5.41) is 0. The van der Waals surface area contributed by atoms with Gasteiger partial charge >= 0.3 is 0 Å². The van der Waals surface area contributed by atoms with E-state index in [-0.39, 0.29) is 36.9 Å². The van der Waals surface area contributed by atoms with Crippen molar-refractivity contribution in [1.82, 2.24) is 0 Å². The van der Waals surface area contributed by atoms with E-state index in [0.717, 1.165) is 5.69 Å². The second-order valence-corrected chi connectivity index (χ2v) is 5.97. The van der Waals surface area contributed by atoms with Gasteiger partial charge in [0.15, 0.2) is 0 Å². The van der Waals surface area contributed by atoms with Gasteiger partial charge in [0.25, 0.3) is 0 Å². The van der Waals surface area contributed by atoms with E-state index < -0.39 is 0 Å². The third-order valence-electron chi connectivity index (χ3n) is 4.54. The maximum atomic E-state index is 12.9. The average molecular weight is 333 g/mol. The highest BCUT2D eigenvalue weighted by atomic mass is 16.7. The Kier molecular flexibility index (Phi) is 4.78. The number of rotatable bonds is 5. The van der Waals surface area contributed by atoms with Gasteiger partial charge in [-0.05, 0) is 25.1 Å². The van der Waals surface area contributed by atoms with Crippen molar-refractivity contribution >= 4 is 11.6 Å². The van der Waals surface area contributed by atoms with E-state index in [0.29, 0.717) is 11.5 Å². The van der Waals surface area contributed by atoms with Crippen LogP contribution in [0.2, 0.25) is 0 Å². The van der Waals surface area contributed by atoms with Crippen LogP contribution in [0.4, 0.5) is 5.69 Å². The first-order valence-corrected chi connectivity index (χ1v) is 8.03. The third kappa shape index (κ3) is 2.65. The van der Waals surface area contributed by atoms with Gasteiger partial charge in [0.1, 0.15) is 30.4 Å². The van der Waals surface area contributed by atoms with E-state index >= 15 is 0 Å². The van der Waals surface area contributed by atoms with Crippen LogP contribution in [-0.2, 0) is 14.3 Å². The van der Waals surface area contributed by atoms with E-state index in [4.69, 9.17) is 18.9 Å². The Morgan fingerprint density at radius 2 is 2.12 bits per heavy atom. The first kappa shape index (κ1) is 16.8. The number of methoxy groups -OCH3 is 2. The summed E-state index contributed by atoms with van der Waals surface area (Å²) in [6.45, 7) is 3.95. The number of hydrogen-bond donors (Lipinski definition) is 0. The predicted octanol–water partition coefficient (Wildman–Crippen LogP) is 2.37. The lowest BCUT2D eigenvalue weighted by molar-refractivity contribution is -0.125. The monoisotopic (exact) mass is 333 g/mol. The molecule has 0 spiro atoms. The molecule has 2 heterocycles. The standard InChI is InChI=1S/C18H23NO5/c1-5-6-15-16-17(23-10-21-3)11(2)18(20)19(16)13-9-12(22-4)7-8-14(13)24-15/h5-9,11,15-17H,10H2,1-4H3/b6-5+. The number of fused-ring (bicyclic) bond motifs is 3. The average Bonchev–Trinajstić information content (AvgIpc) is 2.85. The molecule has 0 bridgehead atoms. The summed E-state index contributed by atoms with van der Waals surface area (Å²) in [6.07, 6.45) is 3.31. The molecule has 1 saturated heterocycles. The summed E-state index contributed by atoms with van der Waals surface area (Å²) in [5.41, 5.74) is 0.723. The van der Waals surface area contributed by atoms with Gasteiger partial charge in [-0.1, -0.05) is 13.0 Å². The Balaban J connectivity index is 2.06. The van der Waals surface area contributed by atoms with Crippen LogP contribution in [-0.4, -0.2) is 45.2 Å². The zero-order chi connectivity index (χ0) is 17.3. The van der Waals surface area contributed by atoms with Gasteiger partial charge in [-0.3, -0.25) is 9.69 Å². The second-order valence-electron chi connectivity index (χ2n) is 5.97. The highest BCUT2D eigenvalue weighted by Crippen LogP contribution is 2.45. The van der Waals surface area contributed by atoms with E-state index in [9.17, 15) is 4.79 Å². The maximum absolute atomic E-state index is 12.9. The molecule has 1 aromatic rings. The molecule has 0 aliphatic carbocycles. The number of allylic oxidation sites excluding steroid dienone is 1. The fourth-order valence-electron chi connectivity index (χ4n) is 3.42. The number of benzene rings is 1. The first-order chi connectivity index (χ1) is 11.6. The Morgan fingerprint density at radius 3 is 2.79 bits per heavy atom. The van der Waals surface area contributed by atoms with Gasteiger partial charge in [-0.2, -0.15) is 0 Å². The molecule has 3 rings (SSSR count). The first-order valence-electron chi connectivity index (χ1n) is 8.03. The molecule has 4 atom stereocenters. The molecular formula is C18H23NO5. The van der Waals surface area contributed by atoms with Crippen LogP contribution in [0.15, 0.2) is 30.4 Å². The summed E-state index contributed by atoms with van der Waals surface area (Å²) in [7, 11) is 3.17. The van der Waals surface area contributed by atoms with Gasteiger partial charge in [0.2, 0.25) is 5.91 Å². The number of carbonyl (C=O) groups is 1. The fraction of sp³-hybridized carbons (Fsp3) is 0.500. The minimum Gasteiger partial charge on any atom is -0.497 e. The van der Waals surface area contributed by atoms with Crippen LogP contribution in [0.1, 0.15) is 13.8 Å². The van der Waals surface area contributed by atoms with Crippen LogP contribution < -0.4 is 14.4 Å². The fourth-order valence-corrected chi connectivity index (χ4v) is 3.42. The van der Waals surface area contributed by atoms with E-state index in [1.54, 1.807) is 19.1 Å². The summed E-state index contributed by atoms with van der Waals surface area (Å²) in [4.78, 5) is 14.7. The van der Waals surface area contributed by atoms with Gasteiger partial charge in [0, 0.05) is 13.2 Å². The molecule has 1 amide bonds. The molecule has 130 valence electrons. The molecule has 24 heavy (non-hydrogen) atoms. The van der Waals surface area contributed by atoms with Crippen molar-refractivity contribution in [3.05, 3.63) is 30.4 Å². The molecular weight excluding hydrogens is 310 g/mol. The van der Waals surface area contributed by atoms with Crippen molar-refractivity contribution in [2.45, 2.75) is 32.1 Å². The lowest BCUT2D eigenvalue weighted by atomic mass is 9.97. The molecule has 0 aromatic heterocycles. The summed E-state index contributed by atoms with van der Waals surface area (Å²) >= 11 is 0. The van der Waals surface area contributed by atoms with Gasteiger partial charge < -0.3 is 18.9 Å². The largest absolute Gasteiger partial charge is 0.497 e. The lowest BCUT2D eigenvalue weighted by Crippen LogP contribution is -2.51. The lowest BCUT2D eigenvalue weighted by Gasteiger charge is -2.39. The predicted molar refractivity (Wildman–Crippen MR) is 89.4 cm³/mol. The van der Waals surface area contributed by atoms with Crippen molar-refractivity contribution < 1.29 is 23.7 Å². The normalized spacial score (nSPS) is 28.7.